The van der Waals surface area contributed by atoms with Crippen LogP contribution in [0.5, 0.6) is 0 Å². The molecule has 0 aliphatic carbocycles. The van der Waals surface area contributed by atoms with Crippen LogP contribution in [-0.2, 0) is 0 Å². The number of aliphatic hydroxyl groups excluding tert-OH is 4. The molecule has 9 heteroatoms. The lowest BCUT2D eigenvalue weighted by molar-refractivity contribution is -0.0844. The molecule has 0 amide bonds. The zero-order valence-corrected chi connectivity index (χ0v) is 10.7. The molecule has 1 heterocycles. The average molecular weight is 303 g/mol. The van der Waals surface area contributed by atoms with Crippen molar-refractivity contribution in [3.05, 3.63) is 29.6 Å². The molecule has 1 aromatic heterocycles. The van der Waals surface area contributed by atoms with Crippen molar-refractivity contribution in [3.63, 3.8) is 0 Å². The van der Waals surface area contributed by atoms with Gasteiger partial charge in [-0.3, -0.25) is 0 Å². The minimum atomic E-state index is -1.70. The van der Waals surface area contributed by atoms with Gasteiger partial charge in [-0.1, -0.05) is 0 Å². The molecular formula is C12H15F2N3O4. The van der Waals surface area contributed by atoms with Gasteiger partial charge in [-0.25, -0.2) is 13.8 Å². The molecule has 2 rings (SSSR count). The van der Waals surface area contributed by atoms with Crippen molar-refractivity contribution >= 4 is 11.0 Å². The predicted octanol–water partition coefficient (Wildman–Crippen LogP) is -1.08. The lowest BCUT2D eigenvalue weighted by Crippen LogP contribution is -2.45. The molecule has 0 spiro atoms. The van der Waals surface area contributed by atoms with Gasteiger partial charge >= 0.3 is 0 Å². The molecule has 7 nitrogen and oxygen atoms in total. The van der Waals surface area contributed by atoms with Gasteiger partial charge in [-0.05, 0) is 0 Å². The maximum absolute atomic E-state index is 13.1. The van der Waals surface area contributed by atoms with Crippen LogP contribution in [0.3, 0.4) is 0 Å². The van der Waals surface area contributed by atoms with Crippen LogP contribution < -0.4 is 5.73 Å². The highest BCUT2D eigenvalue weighted by atomic mass is 19.2. The monoisotopic (exact) mass is 303 g/mol. The Morgan fingerprint density at radius 1 is 1.14 bits per heavy atom. The first-order chi connectivity index (χ1) is 9.85. The number of H-pyrrole nitrogens is 1. The number of hydrogen-bond donors (Lipinski definition) is 6. The Hall–Kier alpha value is -1.65. The fourth-order valence-electron chi connectivity index (χ4n) is 1.89. The summed E-state index contributed by atoms with van der Waals surface area (Å²) < 4.78 is 26.2. The van der Waals surface area contributed by atoms with E-state index >= 15 is 0 Å². The fourth-order valence-corrected chi connectivity index (χ4v) is 1.89. The molecule has 1 aromatic carbocycles. The van der Waals surface area contributed by atoms with Crippen LogP contribution in [0.25, 0.3) is 11.0 Å². The first-order valence-electron chi connectivity index (χ1n) is 6.10. The molecule has 2 aromatic rings. The van der Waals surface area contributed by atoms with Crippen molar-refractivity contribution in [3.8, 4) is 0 Å². The van der Waals surface area contributed by atoms with Crippen molar-refractivity contribution in [2.75, 3.05) is 6.61 Å². The highest BCUT2D eigenvalue weighted by molar-refractivity contribution is 5.75. The molecule has 0 saturated heterocycles. The van der Waals surface area contributed by atoms with E-state index in [1.165, 1.54) is 0 Å². The van der Waals surface area contributed by atoms with E-state index in [0.717, 1.165) is 12.1 Å². The summed E-state index contributed by atoms with van der Waals surface area (Å²) >= 11 is 0. The van der Waals surface area contributed by atoms with Gasteiger partial charge in [0.05, 0.1) is 23.7 Å². The molecule has 2 unspecified atom stereocenters. The van der Waals surface area contributed by atoms with Gasteiger partial charge in [-0.15, -0.1) is 0 Å². The number of aromatic nitrogens is 2. The van der Waals surface area contributed by atoms with Crippen LogP contribution in [0.15, 0.2) is 12.1 Å². The maximum atomic E-state index is 13.1. The third-order valence-corrected chi connectivity index (χ3v) is 3.16. The van der Waals surface area contributed by atoms with Gasteiger partial charge in [0, 0.05) is 12.1 Å². The van der Waals surface area contributed by atoms with Gasteiger partial charge in [0.2, 0.25) is 0 Å². The largest absolute Gasteiger partial charge is 0.394 e. The van der Waals surface area contributed by atoms with E-state index in [-0.39, 0.29) is 16.9 Å². The molecule has 0 bridgehead atoms. The zero-order chi connectivity index (χ0) is 15.7. The van der Waals surface area contributed by atoms with Crippen LogP contribution in [0.2, 0.25) is 0 Å². The van der Waals surface area contributed by atoms with E-state index in [2.05, 4.69) is 9.97 Å². The number of nitrogens with one attached hydrogen (secondary N) is 1. The number of benzene rings is 1. The average Bonchev–Trinajstić information content (AvgIpc) is 2.87. The Bertz CT molecular complexity index is 597. The summed E-state index contributed by atoms with van der Waals surface area (Å²) in [6.45, 7) is -0.762. The number of halogens is 2. The van der Waals surface area contributed by atoms with Crippen molar-refractivity contribution in [2.45, 2.75) is 24.4 Å². The third kappa shape index (κ3) is 3.01. The van der Waals surface area contributed by atoms with E-state index in [1.54, 1.807) is 0 Å². The summed E-state index contributed by atoms with van der Waals surface area (Å²) in [5.74, 6) is -2.17. The van der Waals surface area contributed by atoms with Crippen molar-refractivity contribution in [2.24, 2.45) is 5.73 Å². The number of rotatable bonds is 5. The summed E-state index contributed by atoms with van der Waals surface area (Å²) in [5, 5.41) is 37.4. The van der Waals surface area contributed by atoms with Crippen molar-refractivity contribution < 1.29 is 29.2 Å². The van der Waals surface area contributed by atoms with Crippen molar-refractivity contribution in [1.29, 1.82) is 0 Å². The van der Waals surface area contributed by atoms with Gasteiger partial charge in [0.15, 0.2) is 11.6 Å². The topological polar surface area (TPSA) is 136 Å². The van der Waals surface area contributed by atoms with Crippen LogP contribution in [0, 0.1) is 11.6 Å². The summed E-state index contributed by atoms with van der Waals surface area (Å²) in [4.78, 5) is 6.50. The number of nitrogens with zero attached hydrogens (tertiary/aromatic N) is 1. The predicted molar refractivity (Wildman–Crippen MR) is 68.0 cm³/mol. The quantitative estimate of drug-likeness (QED) is 0.416. The van der Waals surface area contributed by atoms with E-state index < -0.39 is 42.6 Å². The second kappa shape index (κ2) is 6.00. The maximum Gasteiger partial charge on any atom is 0.161 e. The fraction of sp³-hybridized carbons (Fsp3) is 0.417. The van der Waals surface area contributed by atoms with Crippen LogP contribution in [-0.4, -0.2) is 55.3 Å². The first-order valence-corrected chi connectivity index (χ1v) is 6.10. The summed E-state index contributed by atoms with van der Waals surface area (Å²) in [6, 6.07) is 0.502. The molecule has 0 radical (unpaired) electrons. The number of aromatic amines is 1. The molecule has 0 aliphatic heterocycles. The second-order valence-corrected chi connectivity index (χ2v) is 4.66. The van der Waals surface area contributed by atoms with E-state index in [1.807, 2.05) is 0 Å². The smallest absolute Gasteiger partial charge is 0.161 e. The third-order valence-electron chi connectivity index (χ3n) is 3.16. The lowest BCUT2D eigenvalue weighted by Gasteiger charge is -2.25. The van der Waals surface area contributed by atoms with Gasteiger partial charge < -0.3 is 31.1 Å². The standard InChI is InChI=1S/C12H15F2N3O4/c13-4-1-6-7(2-5(4)14)17-12(16-6)9(15)11(21)10(20)8(19)3-18/h1-2,8-11,18-21H,3,15H2,(H,16,17)/t8?,9-,10-,11?/m0/s1. The van der Waals surface area contributed by atoms with Crippen LogP contribution in [0.1, 0.15) is 11.9 Å². The highest BCUT2D eigenvalue weighted by Crippen LogP contribution is 2.21. The summed E-state index contributed by atoms with van der Waals surface area (Å²) in [6.07, 6.45) is -4.92. The van der Waals surface area contributed by atoms with Crippen molar-refractivity contribution in [1.82, 2.24) is 9.97 Å². The Morgan fingerprint density at radius 3 is 2.38 bits per heavy atom. The van der Waals surface area contributed by atoms with Gasteiger partial charge in [0.1, 0.15) is 24.1 Å². The number of aliphatic hydroxyl groups is 4. The summed E-state index contributed by atoms with van der Waals surface area (Å²) in [7, 11) is 0. The first kappa shape index (κ1) is 15.7. The minimum Gasteiger partial charge on any atom is -0.394 e. The number of imidazole rings is 1. The summed E-state index contributed by atoms with van der Waals surface area (Å²) in [5.41, 5.74) is 5.96. The minimum absolute atomic E-state index is 0.0216. The Balaban J connectivity index is 2.28. The van der Waals surface area contributed by atoms with E-state index in [9.17, 15) is 24.1 Å². The normalized spacial score (nSPS) is 17.7. The molecule has 4 atom stereocenters. The van der Waals surface area contributed by atoms with Gasteiger partial charge in [-0.2, -0.15) is 0 Å². The number of nitrogens with two attached hydrogens (primary N) is 1. The molecule has 21 heavy (non-hydrogen) atoms. The number of fused-ring (bicyclic) bond motifs is 1. The molecule has 0 aliphatic rings. The Kier molecular flexibility index (Phi) is 4.49. The van der Waals surface area contributed by atoms with Gasteiger partial charge in [0.25, 0.3) is 0 Å². The molecule has 0 saturated carbocycles. The zero-order valence-electron chi connectivity index (χ0n) is 10.7. The number of hydrogen-bond acceptors (Lipinski definition) is 6. The van der Waals surface area contributed by atoms with Crippen LogP contribution >= 0.6 is 0 Å². The van der Waals surface area contributed by atoms with E-state index in [0.29, 0.717) is 0 Å². The SMILES string of the molecule is N[C@H](c1nc2cc(F)c(F)cc2[nH]1)C(O)[C@@H](O)C(O)CO. The Morgan fingerprint density at radius 2 is 1.76 bits per heavy atom. The molecular weight excluding hydrogens is 288 g/mol. The molecule has 0 fully saturated rings. The lowest BCUT2D eigenvalue weighted by atomic mass is 10.0. The molecule has 7 N–H and O–H groups in total. The highest BCUT2D eigenvalue weighted by Gasteiger charge is 2.31. The van der Waals surface area contributed by atoms with Crippen LogP contribution in [0.4, 0.5) is 8.78 Å². The Labute approximate surface area is 117 Å². The van der Waals surface area contributed by atoms with E-state index in [4.69, 9.17) is 10.8 Å². The second-order valence-electron chi connectivity index (χ2n) is 4.66. The molecule has 116 valence electrons.